The molecule has 3 aromatic rings. The van der Waals surface area contributed by atoms with E-state index in [1.165, 1.54) is 18.1 Å². The van der Waals surface area contributed by atoms with Crippen molar-refractivity contribution in [3.8, 4) is 17.2 Å². The second-order valence-electron chi connectivity index (χ2n) is 5.22. The zero-order chi connectivity index (χ0) is 18.4. The second-order valence-corrected chi connectivity index (χ2v) is 5.22. The third-order valence-corrected chi connectivity index (χ3v) is 3.50. The Hall–Kier alpha value is -3.68. The summed E-state index contributed by atoms with van der Waals surface area (Å²) in [6, 6.07) is 12.2. The van der Waals surface area contributed by atoms with Crippen molar-refractivity contribution >= 4 is 11.6 Å². The first kappa shape index (κ1) is 17.2. The van der Waals surface area contributed by atoms with Crippen LogP contribution in [0.15, 0.2) is 61.4 Å². The number of rotatable bonds is 7. The number of nitrogens with zero attached hydrogens (tertiary/aromatic N) is 4. The number of anilines is 1. The number of tetrazole rings is 1. The van der Waals surface area contributed by atoms with E-state index >= 15 is 0 Å². The maximum Gasteiger partial charge on any atom is 0.255 e. The lowest BCUT2D eigenvalue weighted by molar-refractivity contribution is 0.102. The highest BCUT2D eigenvalue weighted by molar-refractivity contribution is 6.04. The fraction of sp³-hybridized carbons (Fsp3) is 0.111. The van der Waals surface area contributed by atoms with Crippen LogP contribution in [0, 0.1) is 0 Å². The van der Waals surface area contributed by atoms with Crippen LogP contribution in [0.4, 0.5) is 5.69 Å². The Bertz CT molecular complexity index is 909. The van der Waals surface area contributed by atoms with Gasteiger partial charge in [-0.2, -0.15) is 0 Å². The van der Waals surface area contributed by atoms with Gasteiger partial charge < -0.3 is 14.8 Å². The molecule has 1 N–H and O–H groups in total. The van der Waals surface area contributed by atoms with Crippen LogP contribution < -0.4 is 14.8 Å². The molecule has 1 aromatic heterocycles. The molecule has 0 bridgehead atoms. The van der Waals surface area contributed by atoms with Crippen LogP contribution in [-0.4, -0.2) is 39.8 Å². The van der Waals surface area contributed by atoms with Gasteiger partial charge in [0.15, 0.2) is 11.5 Å². The van der Waals surface area contributed by atoms with Crippen LogP contribution in [0.25, 0.3) is 5.69 Å². The van der Waals surface area contributed by atoms with Crippen molar-refractivity contribution in [2.75, 3.05) is 19.0 Å². The number of benzene rings is 2. The molecule has 0 atom stereocenters. The summed E-state index contributed by atoms with van der Waals surface area (Å²) in [5.74, 6) is 0.749. The van der Waals surface area contributed by atoms with Crippen LogP contribution in [0.1, 0.15) is 10.4 Å². The van der Waals surface area contributed by atoms with E-state index in [-0.39, 0.29) is 5.91 Å². The normalized spacial score (nSPS) is 10.2. The van der Waals surface area contributed by atoms with E-state index in [1.807, 2.05) is 6.07 Å². The number of carbonyl (C=O) groups is 1. The van der Waals surface area contributed by atoms with Crippen molar-refractivity contribution in [1.29, 1.82) is 0 Å². The molecule has 3 rings (SSSR count). The lowest BCUT2D eigenvalue weighted by Crippen LogP contribution is -2.12. The first-order valence-electron chi connectivity index (χ1n) is 7.78. The number of carbonyl (C=O) groups excluding carboxylic acids is 1. The molecular formula is C18H17N5O3. The molecule has 0 aliphatic rings. The number of ether oxygens (including phenoxy) is 2. The van der Waals surface area contributed by atoms with Crippen molar-refractivity contribution in [3.63, 3.8) is 0 Å². The van der Waals surface area contributed by atoms with Gasteiger partial charge in [0.25, 0.3) is 5.91 Å². The predicted octanol–water partition coefficient (Wildman–Crippen LogP) is 2.49. The second kappa shape index (κ2) is 7.93. The average Bonchev–Trinajstić information content (AvgIpc) is 3.21. The fourth-order valence-corrected chi connectivity index (χ4v) is 2.29. The van der Waals surface area contributed by atoms with Crippen molar-refractivity contribution in [2.24, 2.45) is 0 Å². The summed E-state index contributed by atoms with van der Waals surface area (Å²) in [5.41, 5.74) is 1.80. The third kappa shape index (κ3) is 3.86. The molecule has 0 aliphatic heterocycles. The Kier molecular flexibility index (Phi) is 5.23. The van der Waals surface area contributed by atoms with Gasteiger partial charge in [0.1, 0.15) is 12.9 Å². The van der Waals surface area contributed by atoms with Gasteiger partial charge in [-0.3, -0.25) is 4.79 Å². The molecule has 1 amide bonds. The van der Waals surface area contributed by atoms with Crippen LogP contribution in [0.2, 0.25) is 0 Å². The summed E-state index contributed by atoms with van der Waals surface area (Å²) in [5, 5.41) is 13.9. The Morgan fingerprint density at radius 3 is 2.88 bits per heavy atom. The monoisotopic (exact) mass is 351 g/mol. The standard InChI is InChI=1S/C18H17N5O3/c1-3-9-26-16-8-7-13(10-17(16)25-2)18(24)20-14-5-4-6-15(11-14)23-12-19-21-22-23/h3-8,10-12H,1,9H2,2H3,(H,20,24). The minimum Gasteiger partial charge on any atom is -0.493 e. The number of nitrogens with one attached hydrogen (secondary N) is 1. The lowest BCUT2D eigenvalue weighted by atomic mass is 10.1. The maximum atomic E-state index is 12.5. The Balaban J connectivity index is 1.78. The summed E-state index contributed by atoms with van der Waals surface area (Å²) in [7, 11) is 1.52. The van der Waals surface area contributed by atoms with Crippen LogP contribution in [0.3, 0.4) is 0 Å². The number of hydrogen-bond donors (Lipinski definition) is 1. The molecule has 8 nitrogen and oxygen atoms in total. The zero-order valence-corrected chi connectivity index (χ0v) is 14.1. The van der Waals surface area contributed by atoms with Crippen LogP contribution >= 0.6 is 0 Å². The van der Waals surface area contributed by atoms with Gasteiger partial charge in [0.05, 0.1) is 12.8 Å². The van der Waals surface area contributed by atoms with Crippen molar-refractivity contribution in [3.05, 3.63) is 67.0 Å². The average molecular weight is 351 g/mol. The van der Waals surface area contributed by atoms with E-state index in [1.54, 1.807) is 42.5 Å². The Morgan fingerprint density at radius 2 is 2.15 bits per heavy atom. The molecule has 0 saturated heterocycles. The molecule has 0 saturated carbocycles. The Labute approximate surface area is 150 Å². The van der Waals surface area contributed by atoms with Crippen LogP contribution in [0.5, 0.6) is 11.5 Å². The molecular weight excluding hydrogens is 334 g/mol. The smallest absolute Gasteiger partial charge is 0.255 e. The molecule has 1 heterocycles. The van der Waals surface area contributed by atoms with Crippen molar-refractivity contribution < 1.29 is 14.3 Å². The third-order valence-electron chi connectivity index (χ3n) is 3.50. The topological polar surface area (TPSA) is 91.2 Å². The molecule has 2 aromatic carbocycles. The van der Waals surface area contributed by atoms with Gasteiger partial charge >= 0.3 is 0 Å². The van der Waals surface area contributed by atoms with Gasteiger partial charge in [-0.25, -0.2) is 4.68 Å². The van der Waals surface area contributed by atoms with Crippen LogP contribution in [-0.2, 0) is 0 Å². The largest absolute Gasteiger partial charge is 0.493 e. The van der Waals surface area contributed by atoms with Crippen molar-refractivity contribution in [1.82, 2.24) is 20.2 Å². The van der Waals surface area contributed by atoms with Gasteiger partial charge in [0.2, 0.25) is 0 Å². The zero-order valence-electron chi connectivity index (χ0n) is 14.1. The van der Waals surface area contributed by atoms with Gasteiger partial charge in [-0.1, -0.05) is 18.7 Å². The van der Waals surface area contributed by atoms with E-state index in [9.17, 15) is 4.79 Å². The summed E-state index contributed by atoms with van der Waals surface area (Å²) < 4.78 is 12.3. The van der Waals surface area contributed by atoms with E-state index in [4.69, 9.17) is 9.47 Å². The molecule has 0 unspecified atom stereocenters. The van der Waals surface area contributed by atoms with E-state index < -0.39 is 0 Å². The Morgan fingerprint density at radius 1 is 1.27 bits per heavy atom. The summed E-state index contributed by atoms with van der Waals surface area (Å²) in [6.45, 7) is 3.96. The molecule has 0 aliphatic carbocycles. The van der Waals surface area contributed by atoms with E-state index in [0.29, 0.717) is 29.4 Å². The van der Waals surface area contributed by atoms with E-state index in [2.05, 4.69) is 27.4 Å². The molecule has 0 fully saturated rings. The minimum atomic E-state index is -0.271. The van der Waals surface area contributed by atoms with Gasteiger partial charge in [-0.15, -0.1) is 5.10 Å². The first-order valence-corrected chi connectivity index (χ1v) is 7.78. The molecule has 0 spiro atoms. The number of hydrogen-bond acceptors (Lipinski definition) is 6. The molecule has 8 heteroatoms. The lowest BCUT2D eigenvalue weighted by Gasteiger charge is -2.11. The highest BCUT2D eigenvalue weighted by Crippen LogP contribution is 2.28. The molecule has 26 heavy (non-hydrogen) atoms. The van der Waals surface area contributed by atoms with Gasteiger partial charge in [-0.05, 0) is 46.8 Å². The fourth-order valence-electron chi connectivity index (χ4n) is 2.29. The summed E-state index contributed by atoms with van der Waals surface area (Å²) >= 11 is 0. The quantitative estimate of drug-likeness (QED) is 0.658. The van der Waals surface area contributed by atoms with E-state index in [0.717, 1.165) is 5.69 Å². The summed E-state index contributed by atoms with van der Waals surface area (Å²) in [6.07, 6.45) is 3.12. The van der Waals surface area contributed by atoms with Crippen molar-refractivity contribution in [2.45, 2.75) is 0 Å². The predicted molar refractivity (Wildman–Crippen MR) is 95.8 cm³/mol. The minimum absolute atomic E-state index is 0.271. The molecule has 0 radical (unpaired) electrons. The van der Waals surface area contributed by atoms with Gasteiger partial charge in [0, 0.05) is 11.3 Å². The number of amides is 1. The number of methoxy groups -OCH3 is 1. The number of aromatic nitrogens is 4. The SMILES string of the molecule is C=CCOc1ccc(C(=O)Nc2cccc(-n3cnnn3)c2)cc1OC. The maximum absolute atomic E-state index is 12.5. The highest BCUT2D eigenvalue weighted by atomic mass is 16.5. The first-order chi connectivity index (χ1) is 12.7. The summed E-state index contributed by atoms with van der Waals surface area (Å²) in [4.78, 5) is 12.5. The highest BCUT2D eigenvalue weighted by Gasteiger charge is 2.12. The molecule has 132 valence electrons.